The number of esters is 1. The fraction of sp³-hybridized carbons (Fsp3) is 0.818. The number of likely N-dealkylation sites (tertiary alicyclic amines) is 1. The van der Waals surface area contributed by atoms with Crippen LogP contribution >= 0.6 is 0 Å². The predicted molar refractivity (Wildman–Crippen MR) is 56.5 cm³/mol. The summed E-state index contributed by atoms with van der Waals surface area (Å²) in [6, 6.07) is 0.258. The van der Waals surface area contributed by atoms with E-state index in [-0.39, 0.29) is 24.4 Å². The van der Waals surface area contributed by atoms with Crippen molar-refractivity contribution in [3.05, 3.63) is 0 Å². The number of nitrogens with zero attached hydrogens (tertiary/aromatic N) is 1. The molecule has 4 heteroatoms. The molecule has 2 atom stereocenters. The van der Waals surface area contributed by atoms with Crippen molar-refractivity contribution in [2.45, 2.75) is 45.2 Å². The number of carbonyl (C=O) groups is 2. The topological polar surface area (TPSA) is 46.6 Å². The van der Waals surface area contributed by atoms with Gasteiger partial charge in [-0.2, -0.15) is 0 Å². The Morgan fingerprint density at radius 1 is 1.40 bits per heavy atom. The van der Waals surface area contributed by atoms with Crippen LogP contribution in [0, 0.1) is 0 Å². The van der Waals surface area contributed by atoms with Gasteiger partial charge in [-0.15, -0.1) is 0 Å². The minimum atomic E-state index is -0.261. The Kier molecular flexibility index (Phi) is 4.27. The largest absolute Gasteiger partial charge is 0.457 e. The highest BCUT2D eigenvalue weighted by Gasteiger charge is 2.33. The second-order valence-corrected chi connectivity index (χ2v) is 4.11. The number of likely N-dealkylation sites (N-methyl/N-ethyl adjacent to an activating group) is 1. The highest BCUT2D eigenvalue weighted by Crippen LogP contribution is 2.22. The highest BCUT2D eigenvalue weighted by atomic mass is 16.5. The Labute approximate surface area is 90.6 Å². The van der Waals surface area contributed by atoms with Crippen molar-refractivity contribution in [2.24, 2.45) is 0 Å². The molecule has 1 saturated heterocycles. The summed E-state index contributed by atoms with van der Waals surface area (Å²) in [5.74, 6) is -0.291. The molecule has 4 nitrogen and oxygen atoms in total. The predicted octanol–water partition coefficient (Wildman–Crippen LogP) is 0.991. The van der Waals surface area contributed by atoms with Gasteiger partial charge in [0.05, 0.1) is 0 Å². The van der Waals surface area contributed by atoms with Gasteiger partial charge in [-0.3, -0.25) is 14.5 Å². The van der Waals surface area contributed by atoms with Gasteiger partial charge in [-0.05, 0) is 26.8 Å². The lowest BCUT2D eigenvalue weighted by Crippen LogP contribution is -2.38. The Balaban J connectivity index is 2.38. The van der Waals surface area contributed by atoms with Gasteiger partial charge in [0.15, 0.2) is 5.78 Å². The maximum Gasteiger partial charge on any atom is 0.323 e. The average molecular weight is 213 g/mol. The van der Waals surface area contributed by atoms with Crippen molar-refractivity contribution >= 4 is 11.8 Å². The van der Waals surface area contributed by atoms with E-state index < -0.39 is 0 Å². The summed E-state index contributed by atoms with van der Waals surface area (Å²) in [6.45, 7) is 3.78. The normalized spacial score (nSPS) is 26.6. The molecule has 0 spiro atoms. The molecule has 15 heavy (non-hydrogen) atoms. The molecule has 86 valence electrons. The van der Waals surface area contributed by atoms with Crippen LogP contribution in [-0.2, 0) is 14.3 Å². The molecule has 0 N–H and O–H groups in total. The van der Waals surface area contributed by atoms with E-state index in [1.165, 1.54) is 0 Å². The summed E-state index contributed by atoms with van der Waals surface area (Å²) >= 11 is 0. The quantitative estimate of drug-likeness (QED) is 0.653. The van der Waals surface area contributed by atoms with Crippen LogP contribution in [0.5, 0.6) is 0 Å². The standard InChI is InChI=1S/C11H19NO3/c1-4-9(13)7-15-11(14)10-6-5-8(2)12(10)3/h8,10H,4-7H2,1-3H3. The van der Waals surface area contributed by atoms with E-state index in [1.54, 1.807) is 6.92 Å². The van der Waals surface area contributed by atoms with Crippen LogP contribution in [0.25, 0.3) is 0 Å². The van der Waals surface area contributed by atoms with Crippen LogP contribution in [0.3, 0.4) is 0 Å². The van der Waals surface area contributed by atoms with Crippen molar-refractivity contribution in [3.8, 4) is 0 Å². The van der Waals surface area contributed by atoms with Crippen LogP contribution < -0.4 is 0 Å². The maximum atomic E-state index is 11.6. The Morgan fingerprint density at radius 3 is 2.53 bits per heavy atom. The molecule has 0 aromatic carbocycles. The van der Waals surface area contributed by atoms with E-state index >= 15 is 0 Å². The second-order valence-electron chi connectivity index (χ2n) is 4.11. The minimum Gasteiger partial charge on any atom is -0.457 e. The van der Waals surface area contributed by atoms with Gasteiger partial charge in [0.2, 0.25) is 0 Å². The Hall–Kier alpha value is -0.900. The fourth-order valence-corrected chi connectivity index (χ4v) is 1.75. The zero-order chi connectivity index (χ0) is 11.4. The summed E-state index contributed by atoms with van der Waals surface area (Å²) in [4.78, 5) is 24.6. The molecule has 0 aromatic heterocycles. The summed E-state index contributed by atoms with van der Waals surface area (Å²) in [5.41, 5.74) is 0. The number of carbonyl (C=O) groups excluding carboxylic acids is 2. The Bertz CT molecular complexity index is 252. The molecule has 1 heterocycles. The number of hydrogen-bond acceptors (Lipinski definition) is 4. The summed E-state index contributed by atoms with van der Waals surface area (Å²) in [5, 5.41) is 0. The number of ether oxygens (including phenoxy) is 1. The lowest BCUT2D eigenvalue weighted by atomic mass is 10.2. The number of rotatable bonds is 4. The van der Waals surface area contributed by atoms with E-state index in [9.17, 15) is 9.59 Å². The molecule has 1 aliphatic rings. The van der Waals surface area contributed by atoms with Gasteiger partial charge in [0.1, 0.15) is 12.6 Å². The molecular formula is C11H19NO3. The smallest absolute Gasteiger partial charge is 0.323 e. The number of ketones is 1. The van der Waals surface area contributed by atoms with E-state index in [0.29, 0.717) is 12.5 Å². The van der Waals surface area contributed by atoms with Crippen LogP contribution in [-0.4, -0.2) is 42.4 Å². The van der Waals surface area contributed by atoms with Crippen molar-refractivity contribution in [1.29, 1.82) is 0 Å². The van der Waals surface area contributed by atoms with Crippen molar-refractivity contribution < 1.29 is 14.3 Å². The van der Waals surface area contributed by atoms with Gasteiger partial charge >= 0.3 is 5.97 Å². The van der Waals surface area contributed by atoms with E-state index in [4.69, 9.17) is 4.74 Å². The van der Waals surface area contributed by atoms with Crippen molar-refractivity contribution in [2.75, 3.05) is 13.7 Å². The van der Waals surface area contributed by atoms with E-state index in [2.05, 4.69) is 6.92 Å². The first-order valence-electron chi connectivity index (χ1n) is 5.46. The maximum absolute atomic E-state index is 11.6. The average Bonchev–Trinajstić information content (AvgIpc) is 2.56. The molecule has 1 fully saturated rings. The summed E-state index contributed by atoms with van der Waals surface area (Å²) < 4.78 is 4.97. The van der Waals surface area contributed by atoms with Crippen LogP contribution in [0.15, 0.2) is 0 Å². The molecular weight excluding hydrogens is 194 g/mol. The lowest BCUT2D eigenvalue weighted by Gasteiger charge is -2.21. The van der Waals surface area contributed by atoms with Crippen LogP contribution in [0.2, 0.25) is 0 Å². The van der Waals surface area contributed by atoms with Crippen molar-refractivity contribution in [1.82, 2.24) is 4.90 Å². The molecule has 0 bridgehead atoms. The molecule has 0 saturated carbocycles. The summed E-state index contributed by atoms with van der Waals surface area (Å²) in [6.07, 6.45) is 2.26. The third-order valence-electron chi connectivity index (χ3n) is 3.09. The minimum absolute atomic E-state index is 0.0305. The van der Waals surface area contributed by atoms with Gasteiger partial charge in [-0.25, -0.2) is 0 Å². The van der Waals surface area contributed by atoms with Gasteiger partial charge in [0.25, 0.3) is 0 Å². The summed E-state index contributed by atoms with van der Waals surface area (Å²) in [7, 11) is 1.92. The van der Waals surface area contributed by atoms with Gasteiger partial charge < -0.3 is 4.74 Å². The SMILES string of the molecule is CCC(=O)COC(=O)C1CCC(C)N1C. The van der Waals surface area contributed by atoms with E-state index in [0.717, 1.165) is 12.8 Å². The highest BCUT2D eigenvalue weighted by molar-refractivity contribution is 5.83. The fourth-order valence-electron chi connectivity index (χ4n) is 1.75. The third-order valence-corrected chi connectivity index (χ3v) is 3.09. The zero-order valence-corrected chi connectivity index (χ0v) is 9.66. The van der Waals surface area contributed by atoms with Crippen LogP contribution in [0.4, 0.5) is 0 Å². The third kappa shape index (κ3) is 3.02. The molecule has 0 aliphatic carbocycles. The van der Waals surface area contributed by atoms with Crippen molar-refractivity contribution in [3.63, 3.8) is 0 Å². The second kappa shape index (κ2) is 5.26. The monoisotopic (exact) mass is 213 g/mol. The first kappa shape index (κ1) is 12.2. The Morgan fingerprint density at radius 2 is 2.07 bits per heavy atom. The van der Waals surface area contributed by atoms with Gasteiger partial charge in [-0.1, -0.05) is 6.92 Å². The molecule has 0 amide bonds. The van der Waals surface area contributed by atoms with Crippen LogP contribution in [0.1, 0.15) is 33.1 Å². The first-order valence-corrected chi connectivity index (χ1v) is 5.46. The zero-order valence-electron chi connectivity index (χ0n) is 9.66. The number of hydrogen-bond donors (Lipinski definition) is 0. The first-order chi connectivity index (χ1) is 7.06. The van der Waals surface area contributed by atoms with E-state index in [1.807, 2.05) is 11.9 Å². The van der Waals surface area contributed by atoms with Gasteiger partial charge in [0, 0.05) is 12.5 Å². The lowest BCUT2D eigenvalue weighted by molar-refractivity contribution is -0.152. The molecule has 1 aliphatic heterocycles. The number of Topliss-reactive ketones (excluding diaryl/α,β-unsaturated/α-hetero) is 1. The molecule has 0 aromatic rings. The molecule has 0 radical (unpaired) electrons. The molecule has 2 unspecified atom stereocenters. The molecule has 1 rings (SSSR count).